The first-order chi connectivity index (χ1) is 30.7. The van der Waals surface area contributed by atoms with Crippen LogP contribution in [0.5, 0.6) is 0 Å². The summed E-state index contributed by atoms with van der Waals surface area (Å²) in [5, 5.41) is 4.77. The average Bonchev–Trinajstić information content (AvgIpc) is 3.37. The van der Waals surface area contributed by atoms with E-state index in [0.717, 1.165) is 55.6 Å². The Hall–Kier alpha value is -8.48. The zero-order valence-electron chi connectivity index (χ0n) is 33.5. The highest BCUT2D eigenvalue weighted by atomic mass is 15.0. The predicted octanol–water partition coefficient (Wildman–Crippen LogP) is 13.7. The lowest BCUT2D eigenvalue weighted by atomic mass is 9.89. The molecule has 0 N–H and O–H groups in total. The van der Waals surface area contributed by atoms with Crippen LogP contribution >= 0.6 is 0 Å². The third kappa shape index (κ3) is 7.06. The van der Waals surface area contributed by atoms with Gasteiger partial charge in [-0.2, -0.15) is 0 Å². The van der Waals surface area contributed by atoms with Crippen molar-refractivity contribution in [3.63, 3.8) is 0 Å². The molecule has 0 radical (unpaired) electrons. The van der Waals surface area contributed by atoms with Gasteiger partial charge >= 0.3 is 0 Å². The number of aromatic nitrogens is 6. The molecule has 0 aliphatic rings. The highest BCUT2D eigenvalue weighted by molar-refractivity contribution is 6.17. The Morgan fingerprint density at radius 2 is 0.452 bits per heavy atom. The van der Waals surface area contributed by atoms with Gasteiger partial charge in [0.25, 0.3) is 0 Å². The van der Waals surface area contributed by atoms with Crippen LogP contribution in [0.2, 0.25) is 0 Å². The molecule has 2 heterocycles. The third-order valence-corrected chi connectivity index (χ3v) is 11.2. The van der Waals surface area contributed by atoms with Crippen LogP contribution in [0.1, 0.15) is 0 Å². The molecular formula is C56H36N6. The van der Waals surface area contributed by atoms with Gasteiger partial charge in [-0.15, -0.1) is 0 Å². The van der Waals surface area contributed by atoms with Crippen molar-refractivity contribution in [2.45, 2.75) is 0 Å². The molecule has 0 spiro atoms. The van der Waals surface area contributed by atoms with E-state index in [-0.39, 0.29) is 0 Å². The molecule has 2 aromatic heterocycles. The Bertz CT molecular complexity index is 3240. The van der Waals surface area contributed by atoms with Crippen LogP contribution in [-0.4, -0.2) is 29.9 Å². The molecule has 11 rings (SSSR count). The standard InChI is InChI=1S/C56H36N6/c1-5-16-39(17-6-1)51-57-52(40-18-7-2-8-19-40)60-55(59-51)43-32-28-37(29-33-43)45-26-15-27-48-46-24-13-14-25-47(46)49(36-50(45)48)38-30-34-44(35-31-38)56-61-53(41-20-9-3-10-21-41)58-54(62-56)42-22-11-4-12-23-42/h1-36H. The van der Waals surface area contributed by atoms with Crippen molar-refractivity contribution in [2.24, 2.45) is 0 Å². The maximum Gasteiger partial charge on any atom is 0.164 e. The highest BCUT2D eigenvalue weighted by Crippen LogP contribution is 2.40. The molecule has 0 bridgehead atoms. The lowest BCUT2D eigenvalue weighted by Gasteiger charge is -2.15. The van der Waals surface area contributed by atoms with E-state index >= 15 is 0 Å². The first kappa shape index (κ1) is 36.6. The van der Waals surface area contributed by atoms with Gasteiger partial charge in [0.05, 0.1) is 0 Å². The van der Waals surface area contributed by atoms with E-state index in [2.05, 4.69) is 97.1 Å². The van der Waals surface area contributed by atoms with E-state index in [1.54, 1.807) is 0 Å². The van der Waals surface area contributed by atoms with Crippen LogP contribution in [0.15, 0.2) is 218 Å². The average molecular weight is 793 g/mol. The summed E-state index contributed by atoms with van der Waals surface area (Å²) in [6, 6.07) is 75.0. The number of benzene rings is 9. The van der Waals surface area contributed by atoms with E-state index in [4.69, 9.17) is 29.9 Å². The van der Waals surface area contributed by atoms with E-state index in [9.17, 15) is 0 Å². The molecule has 0 saturated heterocycles. The second kappa shape index (κ2) is 15.9. The van der Waals surface area contributed by atoms with Crippen LogP contribution < -0.4 is 0 Å². The molecule has 0 saturated carbocycles. The summed E-state index contributed by atoms with van der Waals surface area (Å²) in [6.07, 6.45) is 0. The summed E-state index contributed by atoms with van der Waals surface area (Å²) in [4.78, 5) is 29.6. The number of hydrogen-bond acceptors (Lipinski definition) is 6. The molecule has 0 amide bonds. The summed E-state index contributed by atoms with van der Waals surface area (Å²) < 4.78 is 0. The van der Waals surface area contributed by atoms with Gasteiger partial charge in [-0.05, 0) is 49.9 Å². The number of fused-ring (bicyclic) bond motifs is 3. The van der Waals surface area contributed by atoms with Crippen molar-refractivity contribution in [3.8, 4) is 90.6 Å². The maximum atomic E-state index is 4.97. The van der Waals surface area contributed by atoms with E-state index in [1.165, 1.54) is 21.5 Å². The summed E-state index contributed by atoms with van der Waals surface area (Å²) in [5.74, 6) is 3.82. The minimum Gasteiger partial charge on any atom is -0.208 e. The SMILES string of the molecule is c1ccc(-c2nc(-c3ccccc3)nc(-c3ccc(-c4cc5c(-c6ccc(-c7nc(-c8ccccc8)nc(-c8ccccc8)n7)cc6)cccc5c5ccccc45)cc3)n2)cc1. The summed E-state index contributed by atoms with van der Waals surface area (Å²) >= 11 is 0. The van der Waals surface area contributed by atoms with E-state index in [0.29, 0.717) is 34.9 Å². The fourth-order valence-electron chi connectivity index (χ4n) is 8.09. The van der Waals surface area contributed by atoms with Gasteiger partial charge in [0.15, 0.2) is 34.9 Å². The van der Waals surface area contributed by atoms with Crippen molar-refractivity contribution in [3.05, 3.63) is 218 Å². The lowest BCUT2D eigenvalue weighted by molar-refractivity contribution is 1.07. The van der Waals surface area contributed by atoms with E-state index in [1.807, 2.05) is 121 Å². The smallest absolute Gasteiger partial charge is 0.164 e. The Morgan fingerprint density at radius 1 is 0.177 bits per heavy atom. The minimum atomic E-state index is 0.628. The van der Waals surface area contributed by atoms with Crippen molar-refractivity contribution in [1.29, 1.82) is 0 Å². The van der Waals surface area contributed by atoms with Crippen LogP contribution in [0, 0.1) is 0 Å². The quantitative estimate of drug-likeness (QED) is 0.143. The molecular weight excluding hydrogens is 757 g/mol. The Balaban J connectivity index is 0.982. The molecule has 62 heavy (non-hydrogen) atoms. The Kier molecular flexibility index (Phi) is 9.41. The fraction of sp³-hybridized carbons (Fsp3) is 0. The second-order valence-corrected chi connectivity index (χ2v) is 15.1. The van der Waals surface area contributed by atoms with Gasteiger partial charge in [-0.1, -0.05) is 212 Å². The molecule has 6 heteroatoms. The highest BCUT2D eigenvalue weighted by Gasteiger charge is 2.17. The van der Waals surface area contributed by atoms with Crippen LogP contribution in [0.3, 0.4) is 0 Å². The summed E-state index contributed by atoms with van der Waals surface area (Å²) in [6.45, 7) is 0. The van der Waals surface area contributed by atoms with Crippen molar-refractivity contribution in [1.82, 2.24) is 29.9 Å². The number of nitrogens with zero attached hydrogens (tertiary/aromatic N) is 6. The molecule has 0 unspecified atom stereocenters. The van der Waals surface area contributed by atoms with Crippen LogP contribution in [0.4, 0.5) is 0 Å². The summed E-state index contributed by atoms with van der Waals surface area (Å²) in [5.41, 5.74) is 10.1. The van der Waals surface area contributed by atoms with Gasteiger partial charge < -0.3 is 0 Å². The Labute approximate surface area is 359 Å². The molecule has 0 aliphatic heterocycles. The van der Waals surface area contributed by atoms with Gasteiger partial charge in [-0.25, -0.2) is 29.9 Å². The predicted molar refractivity (Wildman–Crippen MR) is 252 cm³/mol. The Morgan fingerprint density at radius 3 is 0.839 bits per heavy atom. The molecule has 9 aromatic carbocycles. The zero-order chi connectivity index (χ0) is 41.2. The fourth-order valence-corrected chi connectivity index (χ4v) is 8.09. The van der Waals surface area contributed by atoms with Gasteiger partial charge in [0, 0.05) is 33.4 Å². The van der Waals surface area contributed by atoms with Crippen LogP contribution in [0.25, 0.3) is 112 Å². The molecule has 0 aliphatic carbocycles. The zero-order valence-corrected chi connectivity index (χ0v) is 33.5. The topological polar surface area (TPSA) is 77.3 Å². The minimum absolute atomic E-state index is 0.628. The van der Waals surface area contributed by atoms with Crippen molar-refractivity contribution < 1.29 is 0 Å². The first-order valence-corrected chi connectivity index (χ1v) is 20.6. The van der Waals surface area contributed by atoms with Crippen molar-refractivity contribution >= 4 is 21.5 Å². The van der Waals surface area contributed by atoms with Crippen molar-refractivity contribution in [2.75, 3.05) is 0 Å². The first-order valence-electron chi connectivity index (χ1n) is 20.6. The number of rotatable bonds is 8. The number of hydrogen-bond donors (Lipinski definition) is 0. The molecule has 6 nitrogen and oxygen atoms in total. The monoisotopic (exact) mass is 792 g/mol. The normalized spacial score (nSPS) is 11.2. The summed E-state index contributed by atoms with van der Waals surface area (Å²) in [7, 11) is 0. The largest absolute Gasteiger partial charge is 0.208 e. The molecule has 290 valence electrons. The molecule has 0 fully saturated rings. The third-order valence-electron chi connectivity index (χ3n) is 11.2. The van der Waals surface area contributed by atoms with Crippen LogP contribution in [-0.2, 0) is 0 Å². The molecule has 0 atom stereocenters. The van der Waals surface area contributed by atoms with Gasteiger partial charge in [0.2, 0.25) is 0 Å². The lowest BCUT2D eigenvalue weighted by Crippen LogP contribution is -2.00. The maximum absolute atomic E-state index is 4.97. The van der Waals surface area contributed by atoms with E-state index < -0.39 is 0 Å². The second-order valence-electron chi connectivity index (χ2n) is 15.1. The van der Waals surface area contributed by atoms with Gasteiger partial charge in [-0.3, -0.25) is 0 Å². The van der Waals surface area contributed by atoms with Gasteiger partial charge in [0.1, 0.15) is 0 Å². The molecule has 11 aromatic rings.